The molecule has 6 aromatic carbocycles. The lowest BCUT2D eigenvalue weighted by molar-refractivity contribution is -0.718. The highest BCUT2D eigenvalue weighted by Crippen LogP contribution is 2.31. The van der Waals surface area contributed by atoms with E-state index in [0.717, 1.165) is 21.4 Å². The van der Waals surface area contributed by atoms with E-state index in [1.165, 1.54) is 0 Å². The number of pyridine rings is 1. The van der Waals surface area contributed by atoms with Gasteiger partial charge in [-0.3, -0.25) is 4.79 Å². The lowest BCUT2D eigenvalue weighted by atomic mass is 9.12. The molecule has 7 rings (SSSR count). The lowest BCUT2D eigenvalue weighted by Gasteiger charge is -2.44. The zero-order valence-electron chi connectivity index (χ0n) is 31.0. The summed E-state index contributed by atoms with van der Waals surface area (Å²) in [6, 6.07) is 19.4. The molecule has 0 aliphatic rings. The van der Waals surface area contributed by atoms with E-state index < -0.39 is 144 Å². The zero-order valence-corrected chi connectivity index (χ0v) is 31.9. The molecule has 0 aliphatic carbocycles. The first-order valence-electron chi connectivity index (χ1n) is 17.4. The number of benzene rings is 6. The van der Waals surface area contributed by atoms with Gasteiger partial charge in [-0.1, -0.05) is 61.2 Å². The van der Waals surface area contributed by atoms with Crippen LogP contribution in [-0.2, 0) is 6.54 Å². The van der Waals surface area contributed by atoms with Crippen molar-refractivity contribution in [3.8, 4) is 0 Å². The third-order valence-electron chi connectivity index (χ3n) is 9.99. The average molecular weight is 959 g/mol. The highest BCUT2D eigenvalue weighted by molar-refractivity contribution is 7.80. The van der Waals surface area contributed by atoms with Crippen molar-refractivity contribution < 1.29 is 97.2 Å². The summed E-state index contributed by atoms with van der Waals surface area (Å²) in [5.74, 6) is -71.3. The number of nitrogens with zero attached hydrogens (tertiary/aromatic N) is 1. The molecule has 338 valence electrons. The predicted octanol–water partition coefficient (Wildman–Crippen LogP) is 9.14. The third kappa shape index (κ3) is 7.59. The van der Waals surface area contributed by atoms with E-state index in [2.05, 4.69) is 12.6 Å². The van der Waals surface area contributed by atoms with E-state index >= 15 is 35.1 Å². The van der Waals surface area contributed by atoms with E-state index in [4.69, 9.17) is 0 Å². The standard InChI is InChI=1S/C24BF20.C17H13NOS/c26-5-1(6(27)14(35)21(42)13(5)34)25(2-7(28)15(36)22(43)16(37)8(2)29,3-9(30)17(38)23(44)18(39)10(3)31)4-11(32)19(40)24(45)20(41)12(4)33;19-16(13-6-2-1-3-7-13)12-18-11-15-9-5-4-8-14(15)10-17(18)20/h;1-11H,12H2/q-1;/p+1. The maximum absolute atomic E-state index is 15.4. The minimum absolute atomic E-state index is 0.0844. The van der Waals surface area contributed by atoms with Gasteiger partial charge in [-0.2, -0.15) is 4.57 Å². The number of aromatic nitrogens is 1. The number of Topliss-reactive ketones (excluding diaryl/α,β-unsaturated/α-hetero) is 1. The maximum atomic E-state index is 15.4. The van der Waals surface area contributed by atoms with Gasteiger partial charge in [0.15, 0.2) is 76.0 Å². The number of ketones is 1. The quantitative estimate of drug-likeness (QED) is 0.0322. The van der Waals surface area contributed by atoms with Gasteiger partial charge in [-0.15, -0.1) is 21.9 Å². The van der Waals surface area contributed by atoms with Crippen molar-refractivity contribution in [2.45, 2.75) is 11.6 Å². The van der Waals surface area contributed by atoms with Gasteiger partial charge in [-0.25, -0.2) is 87.8 Å². The molecule has 0 fully saturated rings. The monoisotopic (exact) mass is 959 g/mol. The third-order valence-corrected chi connectivity index (χ3v) is 10.4. The molecule has 2 nitrogen and oxygen atoms in total. The van der Waals surface area contributed by atoms with Gasteiger partial charge in [0.25, 0.3) is 0 Å². The SMILES string of the molecule is Fc1c(F)c(F)c([B-](c2c(F)c(F)c(F)c(F)c2F)(c2c(F)c(F)c(F)c(F)c2F)c2c(F)c(F)c(F)c(F)c2F)c(F)c1F.O=C(C[n+]1cc2ccccc2cc1S)c1ccccc1. The molecular weight excluding hydrogens is 945 g/mol. The summed E-state index contributed by atoms with van der Waals surface area (Å²) in [6.07, 6.45) is -5.25. The number of fused-ring (bicyclic) bond motifs is 1. The maximum Gasteiger partial charge on any atom is 0.238 e. The van der Waals surface area contributed by atoms with Crippen LogP contribution in [0, 0.1) is 116 Å². The summed E-state index contributed by atoms with van der Waals surface area (Å²) < 4.78 is 296. The van der Waals surface area contributed by atoms with Gasteiger partial charge in [0.05, 0.1) is 0 Å². The summed E-state index contributed by atoms with van der Waals surface area (Å²) >= 11 is 4.47. The molecule has 0 unspecified atom stereocenters. The molecule has 7 aromatic rings. The van der Waals surface area contributed by atoms with E-state index in [-0.39, 0.29) is 5.78 Å². The van der Waals surface area contributed by atoms with E-state index in [1.54, 1.807) is 0 Å². The Balaban J connectivity index is 0.000000289. The molecule has 0 atom stereocenters. The second-order valence-electron chi connectivity index (χ2n) is 13.5. The molecule has 0 saturated carbocycles. The average Bonchev–Trinajstić information content (AvgIpc) is 3.29. The summed E-state index contributed by atoms with van der Waals surface area (Å²) in [7, 11) is 0. The summed E-state index contributed by atoms with van der Waals surface area (Å²) in [5, 5.41) is 3.01. The van der Waals surface area contributed by atoms with Crippen molar-refractivity contribution in [3.63, 3.8) is 0 Å². The van der Waals surface area contributed by atoms with Crippen molar-refractivity contribution in [1.82, 2.24) is 0 Å². The Hall–Kier alpha value is -6.59. The molecule has 0 radical (unpaired) electrons. The van der Waals surface area contributed by atoms with Gasteiger partial charge < -0.3 is 0 Å². The number of hydrogen-bond donors (Lipinski definition) is 1. The molecule has 0 bridgehead atoms. The van der Waals surface area contributed by atoms with Gasteiger partial charge >= 0.3 is 0 Å². The molecule has 0 saturated heterocycles. The fraction of sp³-hybridized carbons (Fsp3) is 0.0244. The van der Waals surface area contributed by atoms with Crippen LogP contribution in [0.25, 0.3) is 10.8 Å². The van der Waals surface area contributed by atoms with Crippen molar-refractivity contribution in [3.05, 3.63) is 189 Å². The number of rotatable bonds is 7. The lowest BCUT2D eigenvalue weighted by Crippen LogP contribution is -2.81. The number of hydrogen-bond acceptors (Lipinski definition) is 2. The number of carbonyl (C=O) groups is 1. The van der Waals surface area contributed by atoms with Crippen LogP contribution in [0.5, 0.6) is 0 Å². The van der Waals surface area contributed by atoms with E-state index in [0.29, 0.717) is 6.54 Å². The number of carbonyl (C=O) groups excluding carboxylic acids is 1. The van der Waals surface area contributed by atoms with Gasteiger partial charge in [-0.05, 0) is 11.5 Å². The molecule has 65 heavy (non-hydrogen) atoms. The van der Waals surface area contributed by atoms with Gasteiger partial charge in [0, 0.05) is 17.0 Å². The Bertz CT molecular complexity index is 2730. The first-order valence-corrected chi connectivity index (χ1v) is 17.8. The topological polar surface area (TPSA) is 20.9 Å². The van der Waals surface area contributed by atoms with E-state index in [9.17, 15) is 57.5 Å². The van der Waals surface area contributed by atoms with Crippen LogP contribution >= 0.6 is 12.6 Å². The van der Waals surface area contributed by atoms with Crippen molar-refractivity contribution >= 4 is 57.2 Å². The Kier molecular flexibility index (Phi) is 13.1. The molecule has 0 aliphatic heterocycles. The van der Waals surface area contributed by atoms with Crippen molar-refractivity contribution in [2.75, 3.05) is 0 Å². The Morgan fingerprint density at radius 2 is 0.646 bits per heavy atom. The minimum atomic E-state index is -7.22. The Morgan fingerprint density at radius 1 is 0.385 bits per heavy atom. The highest BCUT2D eigenvalue weighted by Gasteiger charge is 2.52. The minimum Gasteiger partial charge on any atom is -0.287 e. The van der Waals surface area contributed by atoms with Crippen molar-refractivity contribution in [1.29, 1.82) is 0 Å². The second-order valence-corrected chi connectivity index (χ2v) is 13.9. The number of halogens is 20. The highest BCUT2D eigenvalue weighted by atomic mass is 32.1. The predicted molar refractivity (Wildman–Crippen MR) is 191 cm³/mol. The fourth-order valence-electron chi connectivity index (χ4n) is 7.09. The van der Waals surface area contributed by atoms with Crippen LogP contribution in [0.2, 0.25) is 0 Å². The van der Waals surface area contributed by atoms with Crippen LogP contribution in [-0.4, -0.2) is 11.9 Å². The van der Waals surface area contributed by atoms with Gasteiger partial charge in [0.2, 0.25) is 17.4 Å². The summed E-state index contributed by atoms with van der Waals surface area (Å²) in [6.45, 7) is 0.299. The van der Waals surface area contributed by atoms with Crippen molar-refractivity contribution in [2.24, 2.45) is 0 Å². The largest absolute Gasteiger partial charge is 0.287 e. The molecular formula is C41H14BF20NOS. The Labute approximate surface area is 354 Å². The molecule has 0 N–H and O–H groups in total. The Morgan fingerprint density at radius 3 is 0.954 bits per heavy atom. The van der Waals surface area contributed by atoms with E-state index in [1.807, 2.05) is 71.4 Å². The van der Waals surface area contributed by atoms with Crippen LogP contribution in [0.3, 0.4) is 0 Å². The molecule has 1 aromatic heterocycles. The van der Waals surface area contributed by atoms with Gasteiger partial charge in [0.1, 0.15) is 52.7 Å². The van der Waals surface area contributed by atoms with Crippen LogP contribution in [0.1, 0.15) is 10.4 Å². The fourth-order valence-corrected chi connectivity index (χ4v) is 7.35. The van der Waals surface area contributed by atoms with Crippen LogP contribution < -0.4 is 26.4 Å². The smallest absolute Gasteiger partial charge is 0.238 e. The van der Waals surface area contributed by atoms with Crippen LogP contribution in [0.15, 0.2) is 71.9 Å². The molecule has 0 amide bonds. The normalized spacial score (nSPS) is 11.6. The number of thiol groups is 1. The molecule has 24 heteroatoms. The van der Waals surface area contributed by atoms with Crippen LogP contribution in [0.4, 0.5) is 87.8 Å². The molecule has 1 heterocycles. The first-order chi connectivity index (χ1) is 30.4. The summed E-state index contributed by atoms with van der Waals surface area (Å²) in [4.78, 5) is 12.2. The summed E-state index contributed by atoms with van der Waals surface area (Å²) in [5.41, 5.74) is -13.6. The first kappa shape index (κ1) is 47.9. The zero-order chi connectivity index (χ0) is 48.3. The second kappa shape index (κ2) is 17.8. The molecule has 0 spiro atoms.